The van der Waals surface area contributed by atoms with Gasteiger partial charge in [0.15, 0.2) is 0 Å². The average molecular weight is 242 g/mol. The molecule has 0 unspecified atom stereocenters. The zero-order chi connectivity index (χ0) is 12.9. The summed E-state index contributed by atoms with van der Waals surface area (Å²) in [5.41, 5.74) is 0. The third kappa shape index (κ3) is 4.62. The molecule has 92 valence electrons. The second-order valence-electron chi connectivity index (χ2n) is 2.62. The summed E-state index contributed by atoms with van der Waals surface area (Å²) in [6.45, 7) is 0. The number of nitrogens with one attached hydrogen (secondary N) is 1. The Morgan fingerprint density at radius 2 is 1.88 bits per heavy atom. The van der Waals surface area contributed by atoms with Crippen LogP contribution in [0.5, 0.6) is 0 Å². The summed E-state index contributed by atoms with van der Waals surface area (Å²) in [5, 5.41) is 11.3. The van der Waals surface area contributed by atoms with Gasteiger partial charge in [-0.2, -0.15) is 13.2 Å². The number of alkyl halides is 3. The van der Waals surface area contributed by atoms with Gasteiger partial charge in [-0.3, -0.25) is 4.79 Å². The maximum absolute atomic E-state index is 11.8. The van der Waals surface area contributed by atoms with Crippen LogP contribution in [0.4, 0.5) is 13.2 Å². The Bertz CT molecular complexity index is 301. The molecule has 0 aromatic rings. The predicted molar refractivity (Wildman–Crippen MR) is 39.6 cm³/mol. The highest BCUT2D eigenvalue weighted by atomic mass is 19.4. The first-order valence-corrected chi connectivity index (χ1v) is 3.83. The number of carbonyl (C=O) groups is 3. The van der Waals surface area contributed by atoms with E-state index in [1.165, 1.54) is 5.32 Å². The molecule has 0 saturated carbocycles. The van der Waals surface area contributed by atoms with Crippen molar-refractivity contribution < 1.29 is 37.4 Å². The second kappa shape index (κ2) is 5.33. The lowest BCUT2D eigenvalue weighted by Crippen LogP contribution is -2.49. The quantitative estimate of drug-likeness (QED) is 0.595. The largest absolute Gasteiger partial charge is 0.550 e. The lowest BCUT2D eigenvalue weighted by Gasteiger charge is -2.17. The van der Waals surface area contributed by atoms with Crippen molar-refractivity contribution >= 4 is 17.8 Å². The molecular formula is C7H7F3NO5-. The number of carbonyl (C=O) groups excluding carboxylic acids is 3. The van der Waals surface area contributed by atoms with E-state index < -0.39 is 36.5 Å². The molecule has 1 atom stereocenters. The Kier molecular flexibility index (Phi) is 4.73. The monoisotopic (exact) mass is 242 g/mol. The van der Waals surface area contributed by atoms with Gasteiger partial charge in [0.1, 0.15) is 6.04 Å². The van der Waals surface area contributed by atoms with E-state index in [2.05, 4.69) is 4.74 Å². The minimum absolute atomic E-state index is 0.838. The average Bonchev–Trinajstić information content (AvgIpc) is 2.13. The summed E-state index contributed by atoms with van der Waals surface area (Å²) in [7, 11) is 0.838. The third-order valence-electron chi connectivity index (χ3n) is 1.42. The van der Waals surface area contributed by atoms with E-state index in [0.29, 0.717) is 0 Å². The van der Waals surface area contributed by atoms with Gasteiger partial charge in [-0.1, -0.05) is 0 Å². The van der Waals surface area contributed by atoms with Crippen LogP contribution >= 0.6 is 0 Å². The van der Waals surface area contributed by atoms with Crippen LogP contribution in [0.15, 0.2) is 0 Å². The first-order valence-electron chi connectivity index (χ1n) is 3.83. The summed E-state index contributed by atoms with van der Waals surface area (Å²) >= 11 is 0. The summed E-state index contributed by atoms with van der Waals surface area (Å²) in [6, 6.07) is -1.93. The molecule has 0 heterocycles. The summed E-state index contributed by atoms with van der Waals surface area (Å²) in [4.78, 5) is 31.3. The Labute approximate surface area is 87.4 Å². The van der Waals surface area contributed by atoms with E-state index in [9.17, 15) is 32.7 Å². The molecule has 1 N–H and O–H groups in total. The van der Waals surface area contributed by atoms with Crippen molar-refractivity contribution in [1.29, 1.82) is 0 Å². The fourth-order valence-corrected chi connectivity index (χ4v) is 0.742. The Morgan fingerprint density at radius 3 is 2.19 bits per heavy atom. The molecule has 0 aliphatic carbocycles. The molecule has 0 spiro atoms. The predicted octanol–water partition coefficient (Wildman–Crippen LogP) is -1.65. The van der Waals surface area contributed by atoms with Gasteiger partial charge < -0.3 is 20.0 Å². The second-order valence-corrected chi connectivity index (χ2v) is 2.62. The molecule has 0 saturated heterocycles. The number of rotatable bonds is 4. The SMILES string of the molecule is COC(=O)[C@H](CC(=O)[O-])NC(=O)C(F)(F)F. The molecule has 0 aromatic carbocycles. The number of carboxylic acid groups (broad SMARTS) is 1. The number of carboxylic acids is 1. The van der Waals surface area contributed by atoms with E-state index in [1.807, 2.05) is 0 Å². The standard InChI is InChI=1S/C7H8F3NO5/c1-16-5(14)3(2-4(12)13)11-6(15)7(8,9)10/h3H,2H2,1H3,(H,11,15)(H,12,13)/p-1/t3-/m0/s1. The molecule has 16 heavy (non-hydrogen) atoms. The van der Waals surface area contributed by atoms with Crippen molar-refractivity contribution in [1.82, 2.24) is 5.32 Å². The smallest absolute Gasteiger partial charge is 0.471 e. The van der Waals surface area contributed by atoms with Gasteiger partial charge in [0.2, 0.25) is 0 Å². The zero-order valence-corrected chi connectivity index (χ0v) is 7.96. The van der Waals surface area contributed by atoms with Crippen LogP contribution in [-0.4, -0.2) is 37.2 Å². The van der Waals surface area contributed by atoms with Crippen LogP contribution in [0, 0.1) is 0 Å². The highest BCUT2D eigenvalue weighted by Gasteiger charge is 2.40. The number of aliphatic carboxylic acids is 1. The minimum atomic E-state index is -5.21. The van der Waals surface area contributed by atoms with Gasteiger partial charge in [-0.25, -0.2) is 4.79 Å². The van der Waals surface area contributed by atoms with E-state index in [-0.39, 0.29) is 0 Å². The van der Waals surface area contributed by atoms with Crippen LogP contribution in [0.25, 0.3) is 0 Å². The number of amides is 1. The molecule has 9 heteroatoms. The van der Waals surface area contributed by atoms with Crippen LogP contribution in [0.2, 0.25) is 0 Å². The number of hydrogen-bond donors (Lipinski definition) is 1. The molecule has 0 aromatic heterocycles. The molecule has 0 radical (unpaired) electrons. The van der Waals surface area contributed by atoms with Gasteiger partial charge in [0, 0.05) is 12.4 Å². The number of ether oxygens (including phenoxy) is 1. The first-order chi connectivity index (χ1) is 7.18. The van der Waals surface area contributed by atoms with Crippen molar-refractivity contribution in [2.45, 2.75) is 18.6 Å². The fraction of sp³-hybridized carbons (Fsp3) is 0.571. The van der Waals surface area contributed by atoms with Gasteiger partial charge in [-0.15, -0.1) is 0 Å². The molecule has 6 nitrogen and oxygen atoms in total. The van der Waals surface area contributed by atoms with Gasteiger partial charge >= 0.3 is 18.1 Å². The minimum Gasteiger partial charge on any atom is -0.550 e. The number of hydrogen-bond acceptors (Lipinski definition) is 5. The molecule has 0 aliphatic heterocycles. The lowest BCUT2D eigenvalue weighted by molar-refractivity contribution is -0.306. The molecule has 1 amide bonds. The van der Waals surface area contributed by atoms with Gasteiger partial charge in [0.05, 0.1) is 7.11 Å². The molecule has 0 fully saturated rings. The van der Waals surface area contributed by atoms with Crippen molar-refractivity contribution in [3.05, 3.63) is 0 Å². The van der Waals surface area contributed by atoms with E-state index in [0.717, 1.165) is 7.11 Å². The van der Waals surface area contributed by atoms with Crippen molar-refractivity contribution in [2.75, 3.05) is 7.11 Å². The Morgan fingerprint density at radius 1 is 1.38 bits per heavy atom. The van der Waals surface area contributed by atoms with Crippen LogP contribution in [-0.2, 0) is 19.1 Å². The van der Waals surface area contributed by atoms with Crippen LogP contribution in [0.1, 0.15) is 6.42 Å². The highest BCUT2D eigenvalue weighted by Crippen LogP contribution is 2.14. The lowest BCUT2D eigenvalue weighted by atomic mass is 10.2. The van der Waals surface area contributed by atoms with E-state index in [4.69, 9.17) is 0 Å². The summed E-state index contributed by atoms with van der Waals surface area (Å²) in [5.74, 6) is -5.52. The van der Waals surface area contributed by atoms with Gasteiger partial charge in [-0.05, 0) is 0 Å². The van der Waals surface area contributed by atoms with Crippen LogP contribution < -0.4 is 10.4 Å². The number of halogens is 3. The third-order valence-corrected chi connectivity index (χ3v) is 1.42. The van der Waals surface area contributed by atoms with Crippen molar-refractivity contribution in [3.8, 4) is 0 Å². The summed E-state index contributed by atoms with van der Waals surface area (Å²) in [6.07, 6.45) is -6.31. The molecule has 0 rings (SSSR count). The number of esters is 1. The maximum atomic E-state index is 11.8. The van der Waals surface area contributed by atoms with Crippen LogP contribution in [0.3, 0.4) is 0 Å². The topological polar surface area (TPSA) is 95.5 Å². The normalized spacial score (nSPS) is 12.8. The fourth-order valence-electron chi connectivity index (χ4n) is 0.742. The Hall–Kier alpha value is -1.80. The summed E-state index contributed by atoms with van der Waals surface area (Å²) < 4.78 is 39.4. The van der Waals surface area contributed by atoms with E-state index in [1.54, 1.807) is 0 Å². The van der Waals surface area contributed by atoms with Crippen molar-refractivity contribution in [3.63, 3.8) is 0 Å². The Balaban J connectivity index is 4.61. The van der Waals surface area contributed by atoms with E-state index >= 15 is 0 Å². The maximum Gasteiger partial charge on any atom is 0.471 e. The first kappa shape index (κ1) is 14.2. The number of methoxy groups -OCH3 is 1. The van der Waals surface area contributed by atoms with Crippen molar-refractivity contribution in [2.24, 2.45) is 0 Å². The molecule has 0 aliphatic rings. The zero-order valence-electron chi connectivity index (χ0n) is 7.96. The highest BCUT2D eigenvalue weighted by molar-refractivity contribution is 5.89. The van der Waals surface area contributed by atoms with Gasteiger partial charge in [0.25, 0.3) is 0 Å². The molecular weight excluding hydrogens is 235 g/mol. The molecule has 0 bridgehead atoms.